The van der Waals surface area contributed by atoms with E-state index in [0.29, 0.717) is 17.2 Å². The minimum Gasteiger partial charge on any atom is -0.480 e. The van der Waals surface area contributed by atoms with E-state index >= 15 is 0 Å². The van der Waals surface area contributed by atoms with E-state index in [0.717, 1.165) is 11.1 Å². The quantitative estimate of drug-likeness (QED) is 0.328. The van der Waals surface area contributed by atoms with Gasteiger partial charge in [-0.3, -0.25) is 9.50 Å². The van der Waals surface area contributed by atoms with Gasteiger partial charge in [-0.05, 0) is 49.8 Å². The number of hydrogen-bond acceptors (Lipinski definition) is 7. The number of carbonyl (C=O) groups is 1. The molecule has 1 heterocycles. The predicted molar refractivity (Wildman–Crippen MR) is 135 cm³/mol. The van der Waals surface area contributed by atoms with Crippen molar-refractivity contribution < 1.29 is 31.6 Å². The summed E-state index contributed by atoms with van der Waals surface area (Å²) in [5.41, 5.74) is 2.25. The summed E-state index contributed by atoms with van der Waals surface area (Å²) in [6, 6.07) is 20.7. The van der Waals surface area contributed by atoms with Crippen molar-refractivity contribution in [1.82, 2.24) is 0 Å². The van der Waals surface area contributed by atoms with Crippen molar-refractivity contribution in [3.63, 3.8) is 0 Å². The van der Waals surface area contributed by atoms with Crippen LogP contribution in [0, 0.1) is 6.92 Å². The number of carbonyl (C=O) groups excluding carboxylic acids is 1. The SMILES string of the molecule is CC=CC1Oc2ccc(NC(=O)OCc3ccccc3)cc2OC1COS(=O)(=O)c1ccc(C)cc1. The lowest BCUT2D eigenvalue weighted by atomic mass is 10.1. The van der Waals surface area contributed by atoms with Crippen LogP contribution in [0.3, 0.4) is 0 Å². The molecular weight excluding hydrogens is 482 g/mol. The van der Waals surface area contributed by atoms with Crippen LogP contribution in [0.4, 0.5) is 10.5 Å². The van der Waals surface area contributed by atoms with Crippen molar-refractivity contribution >= 4 is 21.9 Å². The molecule has 0 saturated carbocycles. The maximum Gasteiger partial charge on any atom is 0.411 e. The van der Waals surface area contributed by atoms with Gasteiger partial charge < -0.3 is 14.2 Å². The number of fused-ring (bicyclic) bond motifs is 1. The van der Waals surface area contributed by atoms with Crippen LogP contribution in [-0.4, -0.2) is 33.3 Å². The van der Waals surface area contributed by atoms with Gasteiger partial charge in [-0.15, -0.1) is 0 Å². The monoisotopic (exact) mass is 509 g/mol. The zero-order chi connectivity index (χ0) is 25.5. The van der Waals surface area contributed by atoms with E-state index in [-0.39, 0.29) is 18.1 Å². The van der Waals surface area contributed by atoms with E-state index in [1.807, 2.05) is 44.2 Å². The molecule has 4 rings (SSSR count). The Balaban J connectivity index is 1.42. The Morgan fingerprint density at radius 3 is 2.47 bits per heavy atom. The highest BCUT2D eigenvalue weighted by Gasteiger charge is 2.32. The Labute approximate surface area is 210 Å². The number of amides is 1. The van der Waals surface area contributed by atoms with E-state index in [1.54, 1.807) is 42.5 Å². The van der Waals surface area contributed by atoms with Gasteiger partial charge in [0.05, 0.1) is 4.90 Å². The Morgan fingerprint density at radius 2 is 1.75 bits per heavy atom. The van der Waals surface area contributed by atoms with Crippen molar-refractivity contribution in [2.24, 2.45) is 0 Å². The highest BCUT2D eigenvalue weighted by molar-refractivity contribution is 7.86. The summed E-state index contributed by atoms with van der Waals surface area (Å²) in [5.74, 6) is 0.803. The van der Waals surface area contributed by atoms with Gasteiger partial charge in [0.25, 0.3) is 10.1 Å². The topological polar surface area (TPSA) is 100 Å². The molecule has 1 amide bonds. The molecule has 2 unspecified atom stereocenters. The fourth-order valence-corrected chi connectivity index (χ4v) is 4.44. The average molecular weight is 510 g/mol. The lowest BCUT2D eigenvalue weighted by Gasteiger charge is -2.32. The number of aryl methyl sites for hydroxylation is 1. The van der Waals surface area contributed by atoms with E-state index in [4.69, 9.17) is 18.4 Å². The first-order valence-electron chi connectivity index (χ1n) is 11.4. The van der Waals surface area contributed by atoms with Gasteiger partial charge in [-0.2, -0.15) is 8.42 Å². The van der Waals surface area contributed by atoms with Crippen LogP contribution in [-0.2, 0) is 25.6 Å². The molecule has 3 aromatic carbocycles. The summed E-state index contributed by atoms with van der Waals surface area (Å²) in [5, 5.41) is 2.66. The average Bonchev–Trinajstić information content (AvgIpc) is 2.87. The van der Waals surface area contributed by atoms with Gasteiger partial charge in [-0.25, -0.2) is 4.79 Å². The molecule has 1 aliphatic rings. The first-order chi connectivity index (χ1) is 17.3. The van der Waals surface area contributed by atoms with Crippen LogP contribution in [0.15, 0.2) is 89.8 Å². The molecular formula is C27H27NO7S. The first kappa shape index (κ1) is 25.3. The van der Waals surface area contributed by atoms with Gasteiger partial charge in [0.2, 0.25) is 0 Å². The van der Waals surface area contributed by atoms with Crippen molar-refractivity contribution in [1.29, 1.82) is 0 Å². The molecule has 2 atom stereocenters. The number of anilines is 1. The van der Waals surface area contributed by atoms with E-state index in [9.17, 15) is 13.2 Å². The molecule has 0 saturated heterocycles. The fraction of sp³-hybridized carbons (Fsp3) is 0.222. The number of hydrogen-bond donors (Lipinski definition) is 1. The summed E-state index contributed by atoms with van der Waals surface area (Å²) in [6.07, 6.45) is 1.63. The smallest absolute Gasteiger partial charge is 0.411 e. The summed E-state index contributed by atoms with van der Waals surface area (Å²) in [4.78, 5) is 12.3. The molecule has 36 heavy (non-hydrogen) atoms. The minimum atomic E-state index is -3.98. The molecule has 0 fully saturated rings. The highest BCUT2D eigenvalue weighted by Crippen LogP contribution is 2.37. The Kier molecular flexibility index (Phi) is 7.92. The number of nitrogens with one attached hydrogen (secondary N) is 1. The Morgan fingerprint density at radius 1 is 1.00 bits per heavy atom. The zero-order valence-electron chi connectivity index (χ0n) is 19.9. The number of rotatable bonds is 8. The van der Waals surface area contributed by atoms with Gasteiger partial charge >= 0.3 is 6.09 Å². The summed E-state index contributed by atoms with van der Waals surface area (Å²) in [7, 11) is -3.98. The minimum absolute atomic E-state index is 0.0633. The van der Waals surface area contributed by atoms with Crippen molar-refractivity contribution in [2.45, 2.75) is 37.6 Å². The standard InChI is InChI=1S/C27H27NO7S/c1-3-7-23-26(18-33-36(30,31)22-13-10-19(2)11-14-22)35-25-16-21(12-15-24(25)34-23)28-27(29)32-17-20-8-5-4-6-9-20/h3-16,23,26H,17-18H2,1-2H3,(H,28,29). The zero-order valence-corrected chi connectivity index (χ0v) is 20.7. The van der Waals surface area contributed by atoms with Gasteiger partial charge in [0.1, 0.15) is 13.2 Å². The first-order valence-corrected chi connectivity index (χ1v) is 12.8. The number of ether oxygens (including phenoxy) is 3. The van der Waals surface area contributed by atoms with Gasteiger partial charge in [0, 0.05) is 11.8 Å². The summed E-state index contributed by atoms with van der Waals surface area (Å²) in [6.45, 7) is 3.57. The molecule has 0 aliphatic carbocycles. The molecule has 1 N–H and O–H groups in total. The van der Waals surface area contributed by atoms with Crippen molar-refractivity contribution in [3.8, 4) is 11.5 Å². The molecule has 3 aromatic rings. The van der Waals surface area contributed by atoms with Crippen molar-refractivity contribution in [2.75, 3.05) is 11.9 Å². The van der Waals surface area contributed by atoms with Crippen LogP contribution in [0.2, 0.25) is 0 Å². The third-order valence-electron chi connectivity index (χ3n) is 5.39. The van der Waals surface area contributed by atoms with Crippen LogP contribution < -0.4 is 14.8 Å². The fourth-order valence-electron chi connectivity index (χ4n) is 3.52. The lowest BCUT2D eigenvalue weighted by molar-refractivity contribution is 0.0194. The predicted octanol–water partition coefficient (Wildman–Crippen LogP) is 5.23. The Hall–Kier alpha value is -3.82. The number of benzene rings is 3. The van der Waals surface area contributed by atoms with Crippen molar-refractivity contribution in [3.05, 3.63) is 96.1 Å². The molecule has 0 bridgehead atoms. The summed E-state index contributed by atoms with van der Waals surface area (Å²) >= 11 is 0. The van der Waals surface area contributed by atoms with Gasteiger partial charge in [-0.1, -0.05) is 54.1 Å². The second-order valence-corrected chi connectivity index (χ2v) is 9.78. The van der Waals surface area contributed by atoms with Crippen LogP contribution in [0.5, 0.6) is 11.5 Å². The number of allylic oxidation sites excluding steroid dienone is 1. The van der Waals surface area contributed by atoms with E-state index in [2.05, 4.69) is 5.32 Å². The molecule has 8 nitrogen and oxygen atoms in total. The van der Waals surface area contributed by atoms with Crippen LogP contribution in [0.1, 0.15) is 18.1 Å². The molecule has 0 radical (unpaired) electrons. The van der Waals surface area contributed by atoms with Gasteiger partial charge in [0.15, 0.2) is 23.7 Å². The third kappa shape index (κ3) is 6.44. The molecule has 188 valence electrons. The van der Waals surface area contributed by atoms with Crippen LogP contribution in [0.25, 0.3) is 0 Å². The Bertz CT molecular complexity index is 1320. The van der Waals surface area contributed by atoms with Crippen LogP contribution >= 0.6 is 0 Å². The second kappa shape index (κ2) is 11.3. The highest BCUT2D eigenvalue weighted by atomic mass is 32.2. The largest absolute Gasteiger partial charge is 0.480 e. The van der Waals surface area contributed by atoms with E-state index < -0.39 is 28.4 Å². The molecule has 1 aliphatic heterocycles. The maximum atomic E-state index is 12.6. The molecule has 0 aromatic heterocycles. The second-order valence-electron chi connectivity index (χ2n) is 8.16. The molecule has 0 spiro atoms. The molecule has 9 heteroatoms. The third-order valence-corrected chi connectivity index (χ3v) is 6.69. The maximum absolute atomic E-state index is 12.6. The normalized spacial score (nSPS) is 17.1. The summed E-state index contributed by atoms with van der Waals surface area (Å²) < 4.78 is 47.9. The van der Waals surface area contributed by atoms with E-state index in [1.165, 1.54) is 12.1 Å². The lowest BCUT2D eigenvalue weighted by Crippen LogP contribution is -2.42.